The van der Waals surface area contributed by atoms with Crippen molar-refractivity contribution in [2.45, 2.75) is 309 Å². The standard InChI is InChI=1S/C79H137N2O6P/c1-6-8-10-12-14-16-18-20-22-24-26-28-30-32-33-34-35-36-37-38-39-40-41-42-43-44-45-46-47-49-51-53-55-57-59-61-63-65-67-69-71-73-79(83)80-77(76-87-88(84,85)86-75-74-81(3,4)5)78(82)72-70-68-66-64-62-60-58-56-54-52-50-48-31-29-27-25-23-21-19-17-15-13-11-9-7-2/h8,10,14,16,20,22,26,28,32-33,35-36,38-39,41-42,44-45,47,49,53,55,70,72,77-78,82H,6-7,9,11-13,15,17-19,21,23-25,27,29-31,34,37,40,43,46,48,50-52,54,56-69,71,73-76H2,1-5H3,(H-,80,83,84,85)/p+1/b10-8-,16-14-,22-20-,28-26-,33-32-,36-35-,39-38-,42-41-,45-44-,49-47-,55-53-,72-70+. The van der Waals surface area contributed by atoms with Crippen molar-refractivity contribution < 1.29 is 32.9 Å². The first-order valence-electron chi connectivity index (χ1n) is 36.2. The van der Waals surface area contributed by atoms with Gasteiger partial charge in [0, 0.05) is 6.42 Å². The Morgan fingerprint density at radius 1 is 0.398 bits per heavy atom. The van der Waals surface area contributed by atoms with E-state index in [4.69, 9.17) is 9.05 Å². The highest BCUT2D eigenvalue weighted by Crippen LogP contribution is 2.43. The van der Waals surface area contributed by atoms with Crippen molar-refractivity contribution in [1.82, 2.24) is 5.32 Å². The number of nitrogens with one attached hydrogen (secondary N) is 1. The molecule has 0 rings (SSSR count). The molecular formula is C79H138N2O6P+. The zero-order valence-electron chi connectivity index (χ0n) is 57.7. The van der Waals surface area contributed by atoms with Gasteiger partial charge in [-0.25, -0.2) is 4.57 Å². The molecular weight excluding hydrogens is 1100 g/mol. The Bertz CT molecular complexity index is 1950. The molecule has 0 aliphatic carbocycles. The van der Waals surface area contributed by atoms with Crippen LogP contribution in [0.5, 0.6) is 0 Å². The smallest absolute Gasteiger partial charge is 0.387 e. The predicted molar refractivity (Wildman–Crippen MR) is 387 cm³/mol. The number of nitrogens with zero attached hydrogens (tertiary/aromatic N) is 1. The Morgan fingerprint density at radius 2 is 0.682 bits per heavy atom. The van der Waals surface area contributed by atoms with Gasteiger partial charge < -0.3 is 19.8 Å². The average Bonchev–Trinajstić information content (AvgIpc) is 3.71. The van der Waals surface area contributed by atoms with Gasteiger partial charge in [0.15, 0.2) is 0 Å². The first-order chi connectivity index (χ1) is 43.0. The maximum Gasteiger partial charge on any atom is 0.472 e. The SMILES string of the molecule is CC/C=C\C/C=C\C/C=C\C/C=C\C/C=C\C/C=C\C/C=C\C/C=C\C/C=C\C/C=C\C/C=C\CCCCCCCCCC(=O)NC(COP(=O)(O)OCC[N+](C)(C)C)C(O)/C=C/CCCCCCCCCCCCCCCCCCCCCCCCC. The molecule has 0 saturated carbocycles. The number of hydrogen-bond donors (Lipinski definition) is 3. The van der Waals surface area contributed by atoms with Crippen molar-refractivity contribution in [3.63, 3.8) is 0 Å². The van der Waals surface area contributed by atoms with Gasteiger partial charge in [-0.15, -0.1) is 0 Å². The van der Waals surface area contributed by atoms with E-state index in [1.165, 1.54) is 154 Å². The molecule has 0 spiro atoms. The summed E-state index contributed by atoms with van der Waals surface area (Å²) in [7, 11) is 1.55. The number of likely N-dealkylation sites (N-methyl/N-ethyl adjacent to an activating group) is 1. The number of unbranched alkanes of at least 4 members (excludes halogenated alkanes) is 30. The fourth-order valence-electron chi connectivity index (χ4n) is 9.99. The number of carbonyl (C=O) groups excluding carboxylic acids is 1. The van der Waals surface area contributed by atoms with Crippen LogP contribution in [-0.4, -0.2) is 73.4 Å². The Hall–Kier alpha value is -3.62. The van der Waals surface area contributed by atoms with E-state index < -0.39 is 20.0 Å². The lowest BCUT2D eigenvalue weighted by molar-refractivity contribution is -0.870. The minimum absolute atomic E-state index is 0.0527. The van der Waals surface area contributed by atoms with Crippen LogP contribution in [0.3, 0.4) is 0 Å². The van der Waals surface area contributed by atoms with E-state index in [2.05, 4.69) is 153 Å². The first-order valence-corrected chi connectivity index (χ1v) is 37.7. The molecule has 0 heterocycles. The summed E-state index contributed by atoms with van der Waals surface area (Å²) in [6, 6.07) is -0.865. The second-order valence-corrected chi connectivity index (χ2v) is 26.7. The van der Waals surface area contributed by atoms with Gasteiger partial charge in [-0.05, 0) is 103 Å². The van der Waals surface area contributed by atoms with E-state index in [-0.39, 0.29) is 19.1 Å². The molecule has 0 radical (unpaired) electrons. The molecule has 504 valence electrons. The Morgan fingerprint density at radius 3 is 1.00 bits per heavy atom. The Labute approximate surface area is 544 Å². The Balaban J connectivity index is 4.15. The summed E-state index contributed by atoms with van der Waals surface area (Å²) in [5.41, 5.74) is 0. The van der Waals surface area contributed by atoms with Crippen LogP contribution in [0.15, 0.2) is 146 Å². The summed E-state index contributed by atoms with van der Waals surface area (Å²) < 4.78 is 23.8. The Kier molecular flexibility index (Phi) is 65.0. The number of quaternary nitrogens is 1. The fraction of sp³-hybridized carbons (Fsp3) is 0.684. The maximum atomic E-state index is 13.1. The minimum Gasteiger partial charge on any atom is -0.387 e. The lowest BCUT2D eigenvalue weighted by Gasteiger charge is -2.25. The highest BCUT2D eigenvalue weighted by atomic mass is 31.2. The van der Waals surface area contributed by atoms with Crippen molar-refractivity contribution in [3.05, 3.63) is 146 Å². The number of hydrogen-bond acceptors (Lipinski definition) is 5. The van der Waals surface area contributed by atoms with E-state index in [9.17, 15) is 19.4 Å². The van der Waals surface area contributed by atoms with E-state index in [1.54, 1.807) is 6.08 Å². The third-order valence-electron chi connectivity index (χ3n) is 15.6. The number of allylic oxidation sites excluding steroid dienone is 23. The van der Waals surface area contributed by atoms with E-state index >= 15 is 0 Å². The van der Waals surface area contributed by atoms with Crippen LogP contribution in [0.25, 0.3) is 0 Å². The van der Waals surface area contributed by atoms with E-state index in [0.29, 0.717) is 17.4 Å². The molecule has 1 amide bonds. The van der Waals surface area contributed by atoms with Crippen LogP contribution < -0.4 is 5.32 Å². The molecule has 0 aliphatic rings. The van der Waals surface area contributed by atoms with Gasteiger partial charge in [0.25, 0.3) is 0 Å². The summed E-state index contributed by atoms with van der Waals surface area (Å²) >= 11 is 0. The number of amides is 1. The van der Waals surface area contributed by atoms with Gasteiger partial charge in [-0.2, -0.15) is 0 Å². The van der Waals surface area contributed by atoms with Crippen LogP contribution in [0.1, 0.15) is 296 Å². The molecule has 0 fully saturated rings. The normalized spacial score (nSPS) is 14.5. The molecule has 9 heteroatoms. The number of phosphoric acid groups is 1. The fourth-order valence-corrected chi connectivity index (χ4v) is 10.7. The summed E-state index contributed by atoms with van der Waals surface area (Å²) in [4.78, 5) is 23.4. The van der Waals surface area contributed by atoms with Crippen LogP contribution in [-0.2, 0) is 18.4 Å². The van der Waals surface area contributed by atoms with Crippen molar-refractivity contribution in [2.75, 3.05) is 40.9 Å². The average molecular weight is 1240 g/mol. The topological polar surface area (TPSA) is 105 Å². The highest BCUT2D eigenvalue weighted by molar-refractivity contribution is 7.47. The minimum atomic E-state index is -4.37. The molecule has 0 aromatic rings. The molecule has 8 nitrogen and oxygen atoms in total. The van der Waals surface area contributed by atoms with Crippen molar-refractivity contribution >= 4 is 13.7 Å². The van der Waals surface area contributed by atoms with Crippen LogP contribution >= 0.6 is 7.82 Å². The highest BCUT2D eigenvalue weighted by Gasteiger charge is 2.28. The lowest BCUT2D eigenvalue weighted by atomic mass is 10.0. The molecule has 88 heavy (non-hydrogen) atoms. The number of aliphatic hydroxyl groups is 1. The maximum absolute atomic E-state index is 13.1. The largest absolute Gasteiger partial charge is 0.472 e. The second kappa shape index (κ2) is 67.8. The van der Waals surface area contributed by atoms with Crippen molar-refractivity contribution in [2.24, 2.45) is 0 Å². The van der Waals surface area contributed by atoms with Crippen LogP contribution in [0.2, 0.25) is 0 Å². The summed E-state index contributed by atoms with van der Waals surface area (Å²) in [6.07, 6.45) is 104. The zero-order chi connectivity index (χ0) is 64.1. The molecule has 3 unspecified atom stereocenters. The third-order valence-corrected chi connectivity index (χ3v) is 16.5. The summed E-state index contributed by atoms with van der Waals surface area (Å²) in [5.74, 6) is -0.191. The lowest BCUT2D eigenvalue weighted by Crippen LogP contribution is -2.45. The van der Waals surface area contributed by atoms with Gasteiger partial charge in [0.05, 0.1) is 39.9 Å². The first kappa shape index (κ1) is 84.4. The molecule has 3 atom stereocenters. The van der Waals surface area contributed by atoms with Crippen molar-refractivity contribution in [3.8, 4) is 0 Å². The third kappa shape index (κ3) is 69.8. The zero-order valence-corrected chi connectivity index (χ0v) is 58.6. The quantitative estimate of drug-likeness (QED) is 0.0243. The summed E-state index contributed by atoms with van der Waals surface area (Å²) in [5, 5.41) is 14.0. The van der Waals surface area contributed by atoms with E-state index in [1.807, 2.05) is 27.2 Å². The number of phosphoric ester groups is 1. The predicted octanol–water partition coefficient (Wildman–Crippen LogP) is 23.6. The monoisotopic (exact) mass is 1240 g/mol. The van der Waals surface area contributed by atoms with E-state index in [0.717, 1.165) is 122 Å². The number of rotatable bonds is 65. The van der Waals surface area contributed by atoms with Crippen LogP contribution in [0.4, 0.5) is 0 Å². The van der Waals surface area contributed by atoms with Gasteiger partial charge in [0.1, 0.15) is 13.2 Å². The molecule has 3 N–H and O–H groups in total. The van der Waals surface area contributed by atoms with Crippen molar-refractivity contribution in [1.29, 1.82) is 0 Å². The molecule has 0 aliphatic heterocycles. The molecule has 0 aromatic carbocycles. The number of carbonyl (C=O) groups is 1. The van der Waals surface area contributed by atoms with Gasteiger partial charge in [0.2, 0.25) is 5.91 Å². The molecule has 0 aromatic heterocycles. The second-order valence-electron chi connectivity index (χ2n) is 25.2. The van der Waals surface area contributed by atoms with Gasteiger partial charge >= 0.3 is 7.82 Å². The van der Waals surface area contributed by atoms with Gasteiger partial charge in [-0.1, -0.05) is 333 Å². The molecule has 0 saturated heterocycles. The summed E-state index contributed by atoms with van der Waals surface area (Å²) in [6.45, 7) is 4.71. The number of aliphatic hydroxyl groups excluding tert-OH is 1. The van der Waals surface area contributed by atoms with Gasteiger partial charge in [-0.3, -0.25) is 13.8 Å². The van der Waals surface area contributed by atoms with Crippen LogP contribution in [0, 0.1) is 0 Å². The molecule has 0 bridgehead atoms.